The van der Waals surface area contributed by atoms with Crippen molar-refractivity contribution < 1.29 is 13.2 Å². The second kappa shape index (κ2) is 6.50. The summed E-state index contributed by atoms with van der Waals surface area (Å²) in [6.45, 7) is 3.69. The summed E-state index contributed by atoms with van der Waals surface area (Å²) in [6.07, 6.45) is 8.45. The fourth-order valence-corrected chi connectivity index (χ4v) is 6.62. The predicted octanol–water partition coefficient (Wildman–Crippen LogP) is 3.31. The number of nitrogens with one attached hydrogen (secondary N) is 2. The molecule has 4 bridgehead atoms. The Bertz CT molecular complexity index is 779. The molecule has 0 aromatic heterocycles. The van der Waals surface area contributed by atoms with E-state index in [2.05, 4.69) is 16.6 Å². The first-order valence-electron chi connectivity index (χ1n) is 9.42. The van der Waals surface area contributed by atoms with Crippen molar-refractivity contribution in [3.63, 3.8) is 0 Å². The second-order valence-electron chi connectivity index (χ2n) is 8.32. The van der Waals surface area contributed by atoms with Gasteiger partial charge in [0, 0.05) is 12.2 Å². The molecule has 1 aromatic carbocycles. The van der Waals surface area contributed by atoms with E-state index in [9.17, 15) is 13.2 Å². The first-order valence-corrected chi connectivity index (χ1v) is 10.9. The molecule has 4 fully saturated rings. The summed E-state index contributed by atoms with van der Waals surface area (Å²) in [5, 5.41) is 3.05. The maximum atomic E-state index is 13.0. The third-order valence-electron chi connectivity index (χ3n) is 6.36. The third-order valence-corrected chi connectivity index (χ3v) is 7.80. The summed E-state index contributed by atoms with van der Waals surface area (Å²) in [7, 11) is -3.54. The van der Waals surface area contributed by atoms with Crippen LogP contribution in [0.4, 0.5) is 5.69 Å². The van der Waals surface area contributed by atoms with Crippen molar-refractivity contribution in [2.45, 2.75) is 43.4 Å². The first-order chi connectivity index (χ1) is 12.4. The number of carbonyl (C=O) groups is 1. The normalized spacial score (nSPS) is 32.4. The van der Waals surface area contributed by atoms with Crippen LogP contribution < -0.4 is 10.0 Å². The van der Waals surface area contributed by atoms with Gasteiger partial charge in [-0.05, 0) is 80.5 Å². The van der Waals surface area contributed by atoms with Crippen molar-refractivity contribution in [3.05, 3.63) is 36.9 Å². The molecule has 26 heavy (non-hydrogen) atoms. The lowest BCUT2D eigenvalue weighted by atomic mass is 9.49. The molecule has 0 unspecified atom stereocenters. The van der Waals surface area contributed by atoms with Crippen LogP contribution >= 0.6 is 0 Å². The molecular formula is C20H26N2O3S. The highest BCUT2D eigenvalue weighted by Gasteiger charge is 2.54. The molecule has 1 aromatic rings. The lowest BCUT2D eigenvalue weighted by Gasteiger charge is -2.55. The standard InChI is InChI=1S/C20H26N2O3S/c1-2-7-21-26(24,25)18-5-3-17(4-6-18)22-19(23)20-11-14-8-15(12-20)10-16(9-14)13-20/h2-6,14-16,21H,1,7-13H2,(H,22,23). The van der Waals surface area contributed by atoms with E-state index in [0.717, 1.165) is 37.0 Å². The monoisotopic (exact) mass is 374 g/mol. The van der Waals surface area contributed by atoms with Crippen LogP contribution in [0, 0.1) is 23.2 Å². The van der Waals surface area contributed by atoms with Crippen LogP contribution in [0.5, 0.6) is 0 Å². The largest absolute Gasteiger partial charge is 0.326 e. The van der Waals surface area contributed by atoms with E-state index in [4.69, 9.17) is 0 Å². The van der Waals surface area contributed by atoms with Crippen molar-refractivity contribution in [1.29, 1.82) is 0 Å². The summed E-state index contributed by atoms with van der Waals surface area (Å²) < 4.78 is 26.7. The minimum absolute atomic E-state index is 0.122. The van der Waals surface area contributed by atoms with E-state index in [1.54, 1.807) is 12.1 Å². The van der Waals surface area contributed by atoms with E-state index in [0.29, 0.717) is 5.69 Å². The van der Waals surface area contributed by atoms with Crippen LogP contribution in [-0.2, 0) is 14.8 Å². The quantitative estimate of drug-likeness (QED) is 0.750. The van der Waals surface area contributed by atoms with Crippen molar-refractivity contribution in [3.8, 4) is 0 Å². The van der Waals surface area contributed by atoms with Crippen LogP contribution in [0.2, 0.25) is 0 Å². The molecule has 5 nitrogen and oxygen atoms in total. The number of anilines is 1. The molecule has 0 saturated heterocycles. The molecule has 4 aliphatic rings. The smallest absolute Gasteiger partial charge is 0.240 e. The van der Waals surface area contributed by atoms with E-state index < -0.39 is 10.0 Å². The summed E-state index contributed by atoms with van der Waals surface area (Å²) in [6, 6.07) is 6.39. The summed E-state index contributed by atoms with van der Waals surface area (Å²) >= 11 is 0. The average Bonchev–Trinajstić information content (AvgIpc) is 2.59. The molecule has 0 aliphatic heterocycles. The number of carbonyl (C=O) groups excluding carboxylic acids is 1. The molecule has 5 rings (SSSR count). The second-order valence-corrected chi connectivity index (χ2v) is 10.1. The van der Waals surface area contributed by atoms with Crippen molar-refractivity contribution in [2.75, 3.05) is 11.9 Å². The van der Waals surface area contributed by atoms with Gasteiger partial charge in [0.25, 0.3) is 0 Å². The number of amides is 1. The fourth-order valence-electron chi connectivity index (χ4n) is 5.62. The van der Waals surface area contributed by atoms with Gasteiger partial charge in [0.2, 0.25) is 15.9 Å². The zero-order chi connectivity index (χ0) is 18.4. The number of sulfonamides is 1. The van der Waals surface area contributed by atoms with Gasteiger partial charge in [-0.15, -0.1) is 6.58 Å². The molecule has 140 valence electrons. The van der Waals surface area contributed by atoms with E-state index in [1.165, 1.54) is 37.5 Å². The van der Waals surface area contributed by atoms with Gasteiger partial charge in [0.15, 0.2) is 0 Å². The van der Waals surface area contributed by atoms with Gasteiger partial charge in [0.1, 0.15) is 0 Å². The molecule has 0 spiro atoms. The maximum absolute atomic E-state index is 13.0. The van der Waals surface area contributed by atoms with Crippen LogP contribution in [0.3, 0.4) is 0 Å². The van der Waals surface area contributed by atoms with Gasteiger partial charge >= 0.3 is 0 Å². The van der Waals surface area contributed by atoms with Gasteiger partial charge in [0.05, 0.1) is 10.3 Å². The minimum atomic E-state index is -3.54. The Morgan fingerprint density at radius 1 is 1.08 bits per heavy atom. The zero-order valence-electron chi connectivity index (χ0n) is 14.9. The van der Waals surface area contributed by atoms with Crippen molar-refractivity contribution in [2.24, 2.45) is 23.2 Å². The SMILES string of the molecule is C=CCNS(=O)(=O)c1ccc(NC(=O)C23CC4CC(CC(C4)C2)C3)cc1. The molecule has 0 atom stereocenters. The molecule has 4 saturated carbocycles. The average molecular weight is 375 g/mol. The molecule has 2 N–H and O–H groups in total. The van der Waals surface area contributed by atoms with Gasteiger partial charge in [-0.3, -0.25) is 4.79 Å². The van der Waals surface area contributed by atoms with Crippen LogP contribution in [-0.4, -0.2) is 20.9 Å². The summed E-state index contributed by atoms with van der Waals surface area (Å²) in [5.74, 6) is 2.28. The van der Waals surface area contributed by atoms with E-state index >= 15 is 0 Å². The van der Waals surface area contributed by atoms with E-state index in [1.807, 2.05) is 0 Å². The number of hydrogen-bond donors (Lipinski definition) is 2. The molecule has 6 heteroatoms. The Labute approximate surface area is 155 Å². The van der Waals surface area contributed by atoms with Gasteiger partial charge < -0.3 is 5.32 Å². The Morgan fingerprint density at radius 2 is 1.62 bits per heavy atom. The molecule has 0 radical (unpaired) electrons. The number of hydrogen-bond acceptors (Lipinski definition) is 3. The lowest BCUT2D eigenvalue weighted by molar-refractivity contribution is -0.140. The molecule has 1 amide bonds. The third kappa shape index (κ3) is 3.21. The Morgan fingerprint density at radius 3 is 2.12 bits per heavy atom. The van der Waals surface area contributed by atoms with Crippen molar-refractivity contribution >= 4 is 21.6 Å². The lowest BCUT2D eigenvalue weighted by Crippen LogP contribution is -2.51. The Kier molecular flexibility index (Phi) is 4.43. The molecule has 4 aliphatic carbocycles. The topological polar surface area (TPSA) is 75.3 Å². The van der Waals surface area contributed by atoms with Crippen LogP contribution in [0.15, 0.2) is 41.8 Å². The maximum Gasteiger partial charge on any atom is 0.240 e. The summed E-state index contributed by atoms with van der Waals surface area (Å²) in [4.78, 5) is 13.2. The van der Waals surface area contributed by atoms with Crippen molar-refractivity contribution in [1.82, 2.24) is 4.72 Å². The van der Waals surface area contributed by atoms with E-state index in [-0.39, 0.29) is 22.8 Å². The highest BCUT2D eigenvalue weighted by molar-refractivity contribution is 7.89. The molecular weight excluding hydrogens is 348 g/mol. The van der Waals surface area contributed by atoms with Gasteiger partial charge in [-0.25, -0.2) is 13.1 Å². The minimum Gasteiger partial charge on any atom is -0.326 e. The van der Waals surface area contributed by atoms with Crippen LogP contribution in [0.25, 0.3) is 0 Å². The summed E-state index contributed by atoms with van der Waals surface area (Å²) in [5.41, 5.74) is 0.457. The first kappa shape index (κ1) is 17.7. The van der Waals surface area contributed by atoms with Crippen LogP contribution in [0.1, 0.15) is 38.5 Å². The molecule has 0 heterocycles. The fraction of sp³-hybridized carbons (Fsp3) is 0.550. The number of rotatable bonds is 6. The number of benzene rings is 1. The predicted molar refractivity (Wildman–Crippen MR) is 101 cm³/mol. The zero-order valence-corrected chi connectivity index (χ0v) is 15.7. The highest BCUT2D eigenvalue weighted by Crippen LogP contribution is 2.60. The van der Waals surface area contributed by atoms with Gasteiger partial charge in [-0.2, -0.15) is 0 Å². The Balaban J connectivity index is 1.46. The Hall–Kier alpha value is -1.66. The highest BCUT2D eigenvalue weighted by atomic mass is 32.2. The van der Waals surface area contributed by atoms with Gasteiger partial charge in [-0.1, -0.05) is 6.08 Å².